The number of allylic oxidation sites excluding steroid dienone is 15. The summed E-state index contributed by atoms with van der Waals surface area (Å²) in [6, 6.07) is -1.03. The number of ether oxygens (including phenoxy) is 3. The normalized spacial score (nSPS) is 18.8. The molecular formula is C77H135NO10. The fourth-order valence-electron chi connectivity index (χ4n) is 11.0. The second kappa shape index (κ2) is 63.7. The van der Waals surface area contributed by atoms with Gasteiger partial charge in [0, 0.05) is 6.42 Å². The average Bonchev–Trinajstić information content (AvgIpc) is 1.29. The van der Waals surface area contributed by atoms with E-state index in [1.165, 1.54) is 161 Å². The lowest BCUT2D eigenvalue weighted by Crippen LogP contribution is -2.61. The quantitative estimate of drug-likeness (QED) is 0.0195. The maximum atomic E-state index is 13.5. The van der Waals surface area contributed by atoms with Crippen molar-refractivity contribution < 1.29 is 49.3 Å². The lowest BCUT2D eigenvalue weighted by Gasteiger charge is -2.41. The van der Waals surface area contributed by atoms with E-state index < -0.39 is 67.4 Å². The Labute approximate surface area is 539 Å². The van der Waals surface area contributed by atoms with Crippen LogP contribution in [0.4, 0.5) is 0 Å². The highest BCUT2D eigenvalue weighted by Crippen LogP contribution is 2.26. The van der Waals surface area contributed by atoms with E-state index >= 15 is 0 Å². The predicted molar refractivity (Wildman–Crippen MR) is 370 cm³/mol. The Kier molecular flexibility index (Phi) is 59.8. The van der Waals surface area contributed by atoms with Crippen LogP contribution in [0.2, 0.25) is 0 Å². The minimum Gasteiger partial charge on any atom is -0.454 e. The van der Waals surface area contributed by atoms with Crippen LogP contribution in [0.15, 0.2) is 97.2 Å². The summed E-state index contributed by atoms with van der Waals surface area (Å²) in [6.07, 6.45) is 75.8. The van der Waals surface area contributed by atoms with Gasteiger partial charge in [-0.2, -0.15) is 0 Å². The van der Waals surface area contributed by atoms with Crippen LogP contribution in [-0.2, 0) is 23.8 Å². The van der Waals surface area contributed by atoms with Gasteiger partial charge in [0.2, 0.25) is 5.91 Å². The third kappa shape index (κ3) is 50.3. The van der Waals surface area contributed by atoms with Crippen molar-refractivity contribution in [3.63, 3.8) is 0 Å². The number of amides is 1. The zero-order chi connectivity index (χ0) is 63.9. The summed E-state index contributed by atoms with van der Waals surface area (Å²) in [5, 5.41) is 57.3. The maximum Gasteiger partial charge on any atom is 0.306 e. The average molecular weight is 1230 g/mol. The van der Waals surface area contributed by atoms with Gasteiger partial charge >= 0.3 is 5.97 Å². The predicted octanol–water partition coefficient (Wildman–Crippen LogP) is 19.0. The van der Waals surface area contributed by atoms with Crippen LogP contribution < -0.4 is 5.32 Å². The highest BCUT2D eigenvalue weighted by Gasteiger charge is 2.47. The van der Waals surface area contributed by atoms with E-state index in [-0.39, 0.29) is 19.4 Å². The Morgan fingerprint density at radius 3 is 1.25 bits per heavy atom. The number of carbonyl (C=O) groups excluding carboxylic acids is 2. The molecule has 0 aromatic rings. The number of hydrogen-bond acceptors (Lipinski definition) is 10. The summed E-state index contributed by atoms with van der Waals surface area (Å²) in [5.41, 5.74) is 0. The fraction of sp³-hybridized carbons (Fsp3) is 0.766. The van der Waals surface area contributed by atoms with Crippen molar-refractivity contribution in [1.82, 2.24) is 5.32 Å². The molecule has 1 fully saturated rings. The molecule has 0 radical (unpaired) electrons. The third-order valence-electron chi connectivity index (χ3n) is 16.7. The number of rotatable bonds is 62. The van der Waals surface area contributed by atoms with Gasteiger partial charge < -0.3 is 45.1 Å². The second-order valence-corrected chi connectivity index (χ2v) is 24.9. The van der Waals surface area contributed by atoms with Crippen molar-refractivity contribution in [3.8, 4) is 0 Å². The van der Waals surface area contributed by atoms with Crippen molar-refractivity contribution in [1.29, 1.82) is 0 Å². The molecule has 1 saturated heterocycles. The molecule has 6 N–H and O–H groups in total. The highest BCUT2D eigenvalue weighted by molar-refractivity contribution is 5.80. The standard InChI is InChI=1S/C77H135NO10/c1-4-7-10-13-16-19-22-25-27-29-31-33-34-35-36-37-38-39-41-43-45-47-50-53-56-59-62-65-72(82)88-75-74(84)73(83)71(66-79)87-77(75)86-67-68(69(80)63-60-57-54-51-48-24-21-18-15-12-9-6-3)78-76(85)70(81)64-61-58-55-52-49-46-44-42-40-32-30-28-26-23-20-17-14-11-8-5-2/h7,10,16-17,19-20,25-28,31,33,35-36,60,63,68-71,73-75,77,79-81,83-84H,4-6,8-9,11-15,18,21-24,29-30,32,34,37-59,61-62,64-67H2,1-3H3,(H,78,85)/b10-7-,19-16-,20-17-,27-25-,28-26-,33-31-,36-35-,63-60+. The van der Waals surface area contributed by atoms with Crippen molar-refractivity contribution >= 4 is 11.9 Å². The molecular weight excluding hydrogens is 1100 g/mol. The first kappa shape index (κ1) is 82.6. The third-order valence-corrected chi connectivity index (χ3v) is 16.7. The zero-order valence-electron chi connectivity index (χ0n) is 56.6. The highest BCUT2D eigenvalue weighted by atomic mass is 16.7. The molecule has 1 amide bonds. The Bertz CT molecular complexity index is 1800. The summed E-state index contributed by atoms with van der Waals surface area (Å²) in [7, 11) is 0. The Morgan fingerprint density at radius 1 is 0.455 bits per heavy atom. The van der Waals surface area contributed by atoms with Gasteiger partial charge in [-0.3, -0.25) is 9.59 Å². The van der Waals surface area contributed by atoms with E-state index in [1.54, 1.807) is 6.08 Å². The number of hydrogen-bond donors (Lipinski definition) is 6. The molecule has 11 heteroatoms. The smallest absolute Gasteiger partial charge is 0.306 e. The summed E-state index contributed by atoms with van der Waals surface area (Å²) in [5.74, 6) is -1.20. The van der Waals surface area contributed by atoms with Gasteiger partial charge in [-0.15, -0.1) is 0 Å². The van der Waals surface area contributed by atoms with Gasteiger partial charge in [-0.25, -0.2) is 0 Å². The molecule has 1 rings (SSSR count). The number of unbranched alkanes of at least 4 members (excludes halogenated alkanes) is 34. The van der Waals surface area contributed by atoms with Crippen LogP contribution in [0.25, 0.3) is 0 Å². The molecule has 0 aliphatic carbocycles. The van der Waals surface area contributed by atoms with Crippen molar-refractivity contribution in [3.05, 3.63) is 97.2 Å². The van der Waals surface area contributed by atoms with E-state index in [4.69, 9.17) is 14.2 Å². The molecule has 88 heavy (non-hydrogen) atoms. The summed E-state index contributed by atoms with van der Waals surface area (Å²) in [6.45, 7) is 5.68. The van der Waals surface area contributed by atoms with Crippen molar-refractivity contribution in [2.45, 2.75) is 365 Å². The van der Waals surface area contributed by atoms with E-state index in [2.05, 4.69) is 111 Å². The number of aliphatic hydroxyl groups excluding tert-OH is 5. The summed E-state index contributed by atoms with van der Waals surface area (Å²) < 4.78 is 17.7. The molecule has 0 spiro atoms. The van der Waals surface area contributed by atoms with E-state index in [0.717, 1.165) is 109 Å². The minimum atomic E-state index is -1.62. The Hall–Kier alpha value is -3.42. The van der Waals surface area contributed by atoms with Gasteiger partial charge in [-0.1, -0.05) is 304 Å². The molecule has 8 atom stereocenters. The van der Waals surface area contributed by atoms with E-state index in [9.17, 15) is 35.1 Å². The number of nitrogens with one attached hydrogen (secondary N) is 1. The summed E-state index contributed by atoms with van der Waals surface area (Å²) >= 11 is 0. The van der Waals surface area contributed by atoms with Crippen LogP contribution in [0, 0.1) is 0 Å². The molecule has 0 bridgehead atoms. The Morgan fingerprint density at radius 2 is 0.818 bits per heavy atom. The van der Waals surface area contributed by atoms with E-state index in [0.29, 0.717) is 12.8 Å². The molecule has 508 valence electrons. The molecule has 8 unspecified atom stereocenters. The van der Waals surface area contributed by atoms with Gasteiger partial charge in [0.15, 0.2) is 12.4 Å². The van der Waals surface area contributed by atoms with Crippen molar-refractivity contribution in [2.24, 2.45) is 0 Å². The molecule has 0 aromatic heterocycles. The molecule has 1 aliphatic heterocycles. The van der Waals surface area contributed by atoms with Crippen LogP contribution in [0.1, 0.15) is 316 Å². The van der Waals surface area contributed by atoms with Crippen LogP contribution in [0.3, 0.4) is 0 Å². The van der Waals surface area contributed by atoms with Crippen molar-refractivity contribution in [2.75, 3.05) is 13.2 Å². The number of esters is 1. The molecule has 1 heterocycles. The first-order valence-electron chi connectivity index (χ1n) is 36.5. The van der Waals surface area contributed by atoms with E-state index in [1.807, 2.05) is 6.08 Å². The van der Waals surface area contributed by atoms with Gasteiger partial charge in [0.1, 0.15) is 24.4 Å². The molecule has 11 nitrogen and oxygen atoms in total. The maximum absolute atomic E-state index is 13.5. The number of carbonyl (C=O) groups is 2. The number of aliphatic hydroxyl groups is 5. The summed E-state index contributed by atoms with van der Waals surface area (Å²) in [4.78, 5) is 26.7. The minimum absolute atomic E-state index is 0.116. The van der Waals surface area contributed by atoms with Crippen LogP contribution in [-0.4, -0.2) is 99.6 Å². The first-order chi connectivity index (χ1) is 43.2. The Balaban J connectivity index is 2.55. The molecule has 0 saturated carbocycles. The topological polar surface area (TPSA) is 175 Å². The van der Waals surface area contributed by atoms with Crippen LogP contribution in [0.5, 0.6) is 0 Å². The monoisotopic (exact) mass is 1230 g/mol. The molecule has 1 aliphatic rings. The SMILES string of the molecule is CC/C=C\C/C=C\C/C=C\C/C=C\C/C=C\CCCCCCCCCCCCCC(=O)OC1C(OCC(NC(=O)C(O)CCCCCCCCCCCC/C=C\C/C=C\CCCCC)C(O)/C=C/CCCCCCCCCCCC)OC(CO)C(O)C1O. The molecule has 0 aromatic carbocycles. The van der Waals surface area contributed by atoms with Crippen LogP contribution >= 0.6 is 0 Å². The van der Waals surface area contributed by atoms with Gasteiger partial charge in [0.05, 0.1) is 25.4 Å². The van der Waals surface area contributed by atoms with Gasteiger partial charge in [0.25, 0.3) is 0 Å². The first-order valence-corrected chi connectivity index (χ1v) is 36.5. The van der Waals surface area contributed by atoms with Gasteiger partial charge in [-0.05, 0) is 103 Å². The fourth-order valence-corrected chi connectivity index (χ4v) is 11.0. The largest absolute Gasteiger partial charge is 0.454 e. The zero-order valence-corrected chi connectivity index (χ0v) is 56.6. The lowest BCUT2D eigenvalue weighted by molar-refractivity contribution is -0.305. The second-order valence-electron chi connectivity index (χ2n) is 24.9. The lowest BCUT2D eigenvalue weighted by atomic mass is 9.99.